The van der Waals surface area contributed by atoms with Crippen molar-refractivity contribution in [3.8, 4) is 5.75 Å². The molecule has 0 bridgehead atoms. The number of para-hydroxylation sites is 2. The highest BCUT2D eigenvalue weighted by molar-refractivity contribution is 8.01. The minimum absolute atomic E-state index is 0.0661. The second-order valence-corrected chi connectivity index (χ2v) is 6.87. The molecule has 2 aromatic rings. The smallest absolute Gasteiger partial charge is 0.238 e. The molecular formula is C17H15ClN2O3S. The van der Waals surface area contributed by atoms with Crippen molar-refractivity contribution in [2.45, 2.75) is 16.6 Å². The maximum Gasteiger partial charge on any atom is 0.238 e. The third-order valence-electron chi connectivity index (χ3n) is 3.51. The Morgan fingerprint density at radius 1 is 1.33 bits per heavy atom. The molecule has 1 aliphatic heterocycles. The lowest BCUT2D eigenvalue weighted by atomic mass is 10.2. The molecule has 0 saturated heterocycles. The number of nitrogens with one attached hydrogen (secondary N) is 2. The van der Waals surface area contributed by atoms with Crippen LogP contribution < -0.4 is 15.4 Å². The number of amides is 2. The van der Waals surface area contributed by atoms with Crippen LogP contribution >= 0.6 is 23.4 Å². The maximum absolute atomic E-state index is 12.3. The van der Waals surface area contributed by atoms with Gasteiger partial charge in [0.2, 0.25) is 11.8 Å². The van der Waals surface area contributed by atoms with Gasteiger partial charge in [-0.25, -0.2) is 0 Å². The Hall–Kier alpha value is -2.18. The zero-order valence-corrected chi connectivity index (χ0v) is 14.4. The molecule has 0 saturated carbocycles. The van der Waals surface area contributed by atoms with Crippen LogP contribution in [0.2, 0.25) is 5.02 Å². The van der Waals surface area contributed by atoms with Crippen molar-refractivity contribution in [1.29, 1.82) is 0 Å². The summed E-state index contributed by atoms with van der Waals surface area (Å²) < 4.78 is 5.20. The molecule has 0 aliphatic carbocycles. The van der Waals surface area contributed by atoms with Crippen LogP contribution in [0.5, 0.6) is 5.75 Å². The Labute approximate surface area is 148 Å². The first kappa shape index (κ1) is 16.7. The van der Waals surface area contributed by atoms with Gasteiger partial charge in [0, 0.05) is 16.3 Å². The van der Waals surface area contributed by atoms with E-state index in [1.165, 1.54) is 18.9 Å². The predicted molar refractivity (Wildman–Crippen MR) is 96.0 cm³/mol. The number of ether oxygens (including phenoxy) is 1. The molecule has 124 valence electrons. The molecule has 2 N–H and O–H groups in total. The Balaban J connectivity index is 1.68. The fourth-order valence-corrected chi connectivity index (χ4v) is 3.64. The normalized spacial score (nSPS) is 16.1. The number of rotatable bonds is 4. The first-order valence-corrected chi connectivity index (χ1v) is 8.52. The highest BCUT2D eigenvalue weighted by atomic mass is 35.5. The summed E-state index contributed by atoms with van der Waals surface area (Å²) in [6.07, 6.45) is 0.0661. The van der Waals surface area contributed by atoms with Crippen LogP contribution in [-0.4, -0.2) is 24.2 Å². The molecule has 2 amide bonds. The van der Waals surface area contributed by atoms with E-state index in [0.717, 1.165) is 4.90 Å². The summed E-state index contributed by atoms with van der Waals surface area (Å²) in [4.78, 5) is 25.4. The largest absolute Gasteiger partial charge is 0.495 e. The number of benzene rings is 2. The highest BCUT2D eigenvalue weighted by Gasteiger charge is 2.29. The quantitative estimate of drug-likeness (QED) is 0.868. The van der Waals surface area contributed by atoms with Gasteiger partial charge in [-0.2, -0.15) is 0 Å². The summed E-state index contributed by atoms with van der Waals surface area (Å²) in [5, 5.41) is 5.64. The summed E-state index contributed by atoms with van der Waals surface area (Å²) >= 11 is 7.29. The van der Waals surface area contributed by atoms with E-state index in [2.05, 4.69) is 10.6 Å². The molecule has 1 atom stereocenters. The number of hydrogen-bond acceptors (Lipinski definition) is 4. The zero-order valence-electron chi connectivity index (χ0n) is 12.8. The van der Waals surface area contributed by atoms with E-state index < -0.39 is 5.25 Å². The van der Waals surface area contributed by atoms with Crippen molar-refractivity contribution in [2.75, 3.05) is 17.7 Å². The molecular weight excluding hydrogens is 348 g/mol. The topological polar surface area (TPSA) is 67.4 Å². The van der Waals surface area contributed by atoms with E-state index in [0.29, 0.717) is 22.1 Å². The number of carbonyl (C=O) groups is 2. The summed E-state index contributed by atoms with van der Waals surface area (Å²) in [6.45, 7) is 0. The number of fused-ring (bicyclic) bond motifs is 1. The monoisotopic (exact) mass is 362 g/mol. The van der Waals surface area contributed by atoms with E-state index in [-0.39, 0.29) is 18.2 Å². The van der Waals surface area contributed by atoms with Crippen LogP contribution in [0.3, 0.4) is 0 Å². The molecule has 1 unspecified atom stereocenters. The van der Waals surface area contributed by atoms with E-state index in [4.69, 9.17) is 16.3 Å². The van der Waals surface area contributed by atoms with Gasteiger partial charge in [-0.05, 0) is 30.3 Å². The Morgan fingerprint density at radius 3 is 2.92 bits per heavy atom. The molecule has 1 heterocycles. The Bertz CT molecular complexity index is 797. The van der Waals surface area contributed by atoms with Gasteiger partial charge in [0.25, 0.3) is 0 Å². The lowest BCUT2D eigenvalue weighted by Gasteiger charge is -2.24. The average molecular weight is 363 g/mol. The molecule has 2 aromatic carbocycles. The summed E-state index contributed by atoms with van der Waals surface area (Å²) in [5.41, 5.74) is 1.26. The molecule has 0 fully saturated rings. The fourth-order valence-electron chi connectivity index (χ4n) is 2.37. The minimum atomic E-state index is -0.492. The van der Waals surface area contributed by atoms with E-state index in [1.54, 1.807) is 30.3 Å². The molecule has 5 nitrogen and oxygen atoms in total. The minimum Gasteiger partial charge on any atom is -0.495 e. The summed E-state index contributed by atoms with van der Waals surface area (Å²) in [6, 6.07) is 12.4. The van der Waals surface area contributed by atoms with E-state index in [1.807, 2.05) is 12.1 Å². The maximum atomic E-state index is 12.3. The molecule has 0 aromatic heterocycles. The second kappa shape index (κ2) is 7.15. The molecule has 0 spiro atoms. The van der Waals surface area contributed by atoms with Crippen LogP contribution in [0.15, 0.2) is 47.4 Å². The van der Waals surface area contributed by atoms with E-state index >= 15 is 0 Å². The number of anilines is 2. The highest BCUT2D eigenvalue weighted by Crippen LogP contribution is 2.38. The van der Waals surface area contributed by atoms with Crippen molar-refractivity contribution in [3.05, 3.63) is 47.5 Å². The first-order valence-electron chi connectivity index (χ1n) is 7.27. The molecule has 3 rings (SSSR count). The third kappa shape index (κ3) is 3.66. The van der Waals surface area contributed by atoms with Crippen molar-refractivity contribution < 1.29 is 14.3 Å². The van der Waals surface area contributed by atoms with Gasteiger partial charge in [-0.15, -0.1) is 11.8 Å². The zero-order chi connectivity index (χ0) is 17.1. The van der Waals surface area contributed by atoms with Crippen molar-refractivity contribution >= 4 is 46.6 Å². The van der Waals surface area contributed by atoms with Gasteiger partial charge in [0.1, 0.15) is 5.75 Å². The van der Waals surface area contributed by atoms with Crippen molar-refractivity contribution in [3.63, 3.8) is 0 Å². The Morgan fingerprint density at radius 2 is 2.12 bits per heavy atom. The summed E-state index contributed by atoms with van der Waals surface area (Å²) in [5.74, 6) is 0.126. The Kier molecular flexibility index (Phi) is 4.97. The van der Waals surface area contributed by atoms with Crippen LogP contribution in [0.4, 0.5) is 11.4 Å². The van der Waals surface area contributed by atoms with Crippen LogP contribution in [-0.2, 0) is 9.59 Å². The van der Waals surface area contributed by atoms with E-state index in [9.17, 15) is 9.59 Å². The molecule has 24 heavy (non-hydrogen) atoms. The number of hydrogen-bond donors (Lipinski definition) is 2. The van der Waals surface area contributed by atoms with Gasteiger partial charge in [0.15, 0.2) is 0 Å². The second-order valence-electron chi connectivity index (χ2n) is 5.19. The molecule has 0 radical (unpaired) electrons. The predicted octanol–water partition coefficient (Wildman–Crippen LogP) is 3.79. The number of carbonyl (C=O) groups excluding carboxylic acids is 2. The fraction of sp³-hybridized carbons (Fsp3) is 0.176. The molecule has 7 heteroatoms. The number of halogens is 1. The van der Waals surface area contributed by atoms with Crippen LogP contribution in [0, 0.1) is 0 Å². The van der Waals surface area contributed by atoms with Gasteiger partial charge < -0.3 is 15.4 Å². The third-order valence-corrected chi connectivity index (χ3v) is 5.02. The van der Waals surface area contributed by atoms with Gasteiger partial charge in [-0.1, -0.05) is 23.7 Å². The average Bonchev–Trinajstić information content (AvgIpc) is 2.56. The van der Waals surface area contributed by atoms with Crippen LogP contribution in [0.1, 0.15) is 6.42 Å². The van der Waals surface area contributed by atoms with Gasteiger partial charge in [0.05, 0.1) is 23.7 Å². The SMILES string of the molecule is COc1ccccc1NC(=O)CC1Sc2ccc(Cl)cc2NC1=O. The van der Waals surface area contributed by atoms with Crippen molar-refractivity contribution in [2.24, 2.45) is 0 Å². The first-order chi connectivity index (χ1) is 11.6. The lowest BCUT2D eigenvalue weighted by molar-refractivity contribution is -0.120. The number of thioether (sulfide) groups is 1. The van der Waals surface area contributed by atoms with Crippen molar-refractivity contribution in [1.82, 2.24) is 0 Å². The van der Waals surface area contributed by atoms with Crippen LogP contribution in [0.25, 0.3) is 0 Å². The van der Waals surface area contributed by atoms with Gasteiger partial charge >= 0.3 is 0 Å². The summed E-state index contributed by atoms with van der Waals surface area (Å²) in [7, 11) is 1.54. The molecule has 1 aliphatic rings. The standard InChI is InChI=1S/C17H15ClN2O3S/c1-23-13-5-3-2-4-11(13)19-16(21)9-15-17(22)20-12-8-10(18)6-7-14(12)24-15/h2-8,15H,9H2,1H3,(H,19,21)(H,20,22). The lowest BCUT2D eigenvalue weighted by Crippen LogP contribution is -2.32. The number of methoxy groups -OCH3 is 1. The van der Waals surface area contributed by atoms with Gasteiger partial charge in [-0.3, -0.25) is 9.59 Å².